The van der Waals surface area contributed by atoms with Gasteiger partial charge >= 0.3 is 0 Å². The molecule has 1 aromatic heterocycles. The second-order valence-corrected chi connectivity index (χ2v) is 3.78. The third-order valence-electron chi connectivity index (χ3n) is 2.52. The van der Waals surface area contributed by atoms with Crippen molar-refractivity contribution in [2.45, 2.75) is 24.6 Å². The Morgan fingerprint density at radius 3 is 2.92 bits per heavy atom. The summed E-state index contributed by atoms with van der Waals surface area (Å²) in [5.41, 5.74) is 1.21. The number of hydrogen-bond acceptors (Lipinski definition) is 3. The van der Waals surface area contributed by atoms with Crippen LogP contribution in [-0.2, 0) is 5.75 Å². The molecule has 1 aromatic rings. The van der Waals surface area contributed by atoms with Crippen molar-refractivity contribution in [3.63, 3.8) is 0 Å². The van der Waals surface area contributed by atoms with Crippen LogP contribution in [0.2, 0.25) is 0 Å². The van der Waals surface area contributed by atoms with E-state index in [0.717, 1.165) is 18.8 Å². The van der Waals surface area contributed by atoms with E-state index in [-0.39, 0.29) is 0 Å². The largest absolute Gasteiger partial charge is 0.317 e. The van der Waals surface area contributed by atoms with Crippen molar-refractivity contribution in [3.05, 3.63) is 18.0 Å². The van der Waals surface area contributed by atoms with Crippen molar-refractivity contribution >= 4 is 12.6 Å². The average molecular weight is 197 g/mol. The van der Waals surface area contributed by atoms with Crippen molar-refractivity contribution in [2.24, 2.45) is 0 Å². The Balaban J connectivity index is 2.05. The van der Waals surface area contributed by atoms with Gasteiger partial charge in [0, 0.05) is 11.9 Å². The molecule has 0 amide bonds. The molecule has 0 atom stereocenters. The molecule has 3 nitrogen and oxygen atoms in total. The fraction of sp³-hybridized carbons (Fsp3) is 0.667. The van der Waals surface area contributed by atoms with E-state index in [1.54, 1.807) is 0 Å². The monoisotopic (exact) mass is 197 g/mol. The van der Waals surface area contributed by atoms with Crippen LogP contribution in [0.15, 0.2) is 12.4 Å². The van der Waals surface area contributed by atoms with E-state index in [1.807, 2.05) is 6.20 Å². The number of aromatic nitrogens is 2. The Hall–Kier alpha value is -0.480. The van der Waals surface area contributed by atoms with Crippen LogP contribution in [0.1, 0.15) is 24.4 Å². The quantitative estimate of drug-likeness (QED) is 0.699. The molecule has 13 heavy (non-hydrogen) atoms. The number of nitrogens with zero attached hydrogens (tertiary/aromatic N) is 2. The molecule has 1 fully saturated rings. The van der Waals surface area contributed by atoms with Gasteiger partial charge < -0.3 is 5.32 Å². The molecule has 0 aromatic carbocycles. The second kappa shape index (κ2) is 4.15. The number of nitrogens with one attached hydrogen (secondary N) is 1. The highest BCUT2D eigenvalue weighted by atomic mass is 32.1. The maximum atomic E-state index is 4.35. The van der Waals surface area contributed by atoms with Crippen molar-refractivity contribution in [3.8, 4) is 0 Å². The molecular weight excluding hydrogens is 182 g/mol. The van der Waals surface area contributed by atoms with Gasteiger partial charge in [-0.2, -0.15) is 17.7 Å². The van der Waals surface area contributed by atoms with E-state index < -0.39 is 0 Å². The molecule has 2 heterocycles. The number of rotatable bonds is 2. The maximum absolute atomic E-state index is 4.35. The van der Waals surface area contributed by atoms with Crippen LogP contribution in [0.4, 0.5) is 0 Å². The van der Waals surface area contributed by atoms with E-state index in [1.165, 1.54) is 18.4 Å². The number of piperidine rings is 1. The van der Waals surface area contributed by atoms with Crippen LogP contribution in [0.5, 0.6) is 0 Å². The highest BCUT2D eigenvalue weighted by Crippen LogP contribution is 2.18. The molecule has 0 saturated carbocycles. The fourth-order valence-electron chi connectivity index (χ4n) is 1.73. The van der Waals surface area contributed by atoms with Gasteiger partial charge in [0.15, 0.2) is 0 Å². The Kier molecular flexibility index (Phi) is 2.90. The minimum absolute atomic E-state index is 0.592. The van der Waals surface area contributed by atoms with Gasteiger partial charge in [0.1, 0.15) is 0 Å². The summed E-state index contributed by atoms with van der Waals surface area (Å²) in [6, 6.07) is 0.592. The number of hydrogen-bond donors (Lipinski definition) is 2. The van der Waals surface area contributed by atoms with Crippen LogP contribution in [-0.4, -0.2) is 22.9 Å². The normalized spacial score (nSPS) is 19.2. The lowest BCUT2D eigenvalue weighted by Crippen LogP contribution is -2.29. The third kappa shape index (κ3) is 2.06. The van der Waals surface area contributed by atoms with E-state index in [4.69, 9.17) is 0 Å². The summed E-state index contributed by atoms with van der Waals surface area (Å²) in [5, 5.41) is 7.70. The maximum Gasteiger partial charge on any atom is 0.0543 e. The first-order chi connectivity index (χ1) is 6.40. The van der Waals surface area contributed by atoms with E-state index in [0.29, 0.717) is 6.04 Å². The summed E-state index contributed by atoms with van der Waals surface area (Å²) in [4.78, 5) is 0. The lowest BCUT2D eigenvalue weighted by atomic mass is 10.1. The first-order valence-electron chi connectivity index (χ1n) is 4.75. The van der Waals surface area contributed by atoms with E-state index >= 15 is 0 Å². The molecule has 0 unspecified atom stereocenters. The predicted octanol–water partition coefficient (Wildman–Crippen LogP) is 1.24. The molecule has 1 saturated heterocycles. The first kappa shape index (κ1) is 9.09. The summed E-state index contributed by atoms with van der Waals surface area (Å²) >= 11 is 4.22. The summed E-state index contributed by atoms with van der Waals surface area (Å²) in [6.45, 7) is 2.22. The van der Waals surface area contributed by atoms with Crippen LogP contribution in [0.25, 0.3) is 0 Å². The fourth-order valence-corrected chi connectivity index (χ4v) is 1.89. The van der Waals surface area contributed by atoms with Gasteiger partial charge in [0.05, 0.1) is 12.2 Å². The van der Waals surface area contributed by atoms with Crippen molar-refractivity contribution in [1.29, 1.82) is 0 Å². The SMILES string of the molecule is SCc1cnn(C2CCNCC2)c1. The molecule has 72 valence electrons. The molecule has 1 aliphatic rings. The molecule has 2 rings (SSSR count). The lowest BCUT2D eigenvalue weighted by Gasteiger charge is -2.22. The van der Waals surface area contributed by atoms with Gasteiger partial charge in [-0.3, -0.25) is 4.68 Å². The highest BCUT2D eigenvalue weighted by molar-refractivity contribution is 7.79. The van der Waals surface area contributed by atoms with Gasteiger partial charge in [-0.15, -0.1) is 0 Å². The van der Waals surface area contributed by atoms with Crippen molar-refractivity contribution in [2.75, 3.05) is 13.1 Å². The van der Waals surface area contributed by atoms with Gasteiger partial charge in [0.25, 0.3) is 0 Å². The standard InChI is InChI=1S/C9H15N3S/c13-7-8-5-11-12(6-8)9-1-3-10-4-2-9/h5-6,9-10,13H,1-4,7H2. The molecule has 0 radical (unpaired) electrons. The second-order valence-electron chi connectivity index (χ2n) is 3.47. The van der Waals surface area contributed by atoms with Gasteiger partial charge in [0.2, 0.25) is 0 Å². The van der Waals surface area contributed by atoms with E-state index in [9.17, 15) is 0 Å². The minimum atomic E-state index is 0.592. The molecule has 0 bridgehead atoms. The minimum Gasteiger partial charge on any atom is -0.317 e. The Morgan fingerprint density at radius 1 is 1.54 bits per heavy atom. The topological polar surface area (TPSA) is 29.9 Å². The first-order valence-corrected chi connectivity index (χ1v) is 5.38. The highest BCUT2D eigenvalue weighted by Gasteiger charge is 2.14. The molecule has 0 aliphatic carbocycles. The van der Waals surface area contributed by atoms with Gasteiger partial charge in [-0.1, -0.05) is 0 Å². The lowest BCUT2D eigenvalue weighted by molar-refractivity contribution is 0.343. The Labute approximate surface area is 83.9 Å². The molecule has 4 heteroatoms. The summed E-state index contributed by atoms with van der Waals surface area (Å²) in [5.74, 6) is 0.783. The van der Waals surface area contributed by atoms with Gasteiger partial charge in [-0.05, 0) is 31.5 Å². The zero-order valence-electron chi connectivity index (χ0n) is 7.61. The number of thiol groups is 1. The van der Waals surface area contributed by atoms with Crippen LogP contribution in [0, 0.1) is 0 Å². The molecular formula is C9H15N3S. The summed E-state index contributed by atoms with van der Waals surface area (Å²) in [6.07, 6.45) is 6.40. The smallest absolute Gasteiger partial charge is 0.0543 e. The Bertz CT molecular complexity index is 266. The third-order valence-corrected chi connectivity index (χ3v) is 2.89. The molecule has 0 spiro atoms. The molecule has 1 aliphatic heterocycles. The zero-order valence-corrected chi connectivity index (χ0v) is 8.50. The predicted molar refractivity (Wildman–Crippen MR) is 56.1 cm³/mol. The summed E-state index contributed by atoms with van der Waals surface area (Å²) in [7, 11) is 0. The van der Waals surface area contributed by atoms with Crippen molar-refractivity contribution in [1.82, 2.24) is 15.1 Å². The van der Waals surface area contributed by atoms with Crippen LogP contribution >= 0.6 is 12.6 Å². The zero-order chi connectivity index (χ0) is 9.10. The van der Waals surface area contributed by atoms with Crippen LogP contribution < -0.4 is 5.32 Å². The van der Waals surface area contributed by atoms with Gasteiger partial charge in [-0.25, -0.2) is 0 Å². The average Bonchev–Trinajstić information content (AvgIpc) is 2.67. The van der Waals surface area contributed by atoms with E-state index in [2.05, 4.69) is 33.9 Å². The Morgan fingerprint density at radius 2 is 2.31 bits per heavy atom. The summed E-state index contributed by atoms with van der Waals surface area (Å²) < 4.78 is 2.09. The van der Waals surface area contributed by atoms with Crippen molar-refractivity contribution < 1.29 is 0 Å². The van der Waals surface area contributed by atoms with Crippen LogP contribution in [0.3, 0.4) is 0 Å². The molecule has 1 N–H and O–H groups in total.